The van der Waals surface area contributed by atoms with Crippen LogP contribution in [0.3, 0.4) is 0 Å². The predicted molar refractivity (Wildman–Crippen MR) is 75.0 cm³/mol. The van der Waals surface area contributed by atoms with Crippen LogP contribution >= 0.6 is 11.6 Å². The number of nitrogens with two attached hydrogens (primary N) is 1. The second kappa shape index (κ2) is 4.99. The maximum absolute atomic E-state index is 8.93. The average Bonchev–Trinajstić information content (AvgIpc) is 2.36. The first-order valence-corrected chi connectivity index (χ1v) is 5.82. The summed E-state index contributed by atoms with van der Waals surface area (Å²) in [6.07, 6.45) is 0. The molecule has 0 fully saturated rings. The summed E-state index contributed by atoms with van der Waals surface area (Å²) >= 11 is 6.14. The maximum Gasteiger partial charge on any atom is 0.101 e. The zero-order valence-corrected chi connectivity index (χ0v) is 10.6. The minimum Gasteiger partial charge on any atom is -0.396 e. The Bertz CT molecular complexity index is 609. The van der Waals surface area contributed by atoms with Gasteiger partial charge in [-0.15, -0.1) is 0 Å². The Balaban J connectivity index is 2.44. The molecule has 0 heterocycles. The first-order chi connectivity index (χ1) is 8.63. The molecule has 0 saturated carbocycles. The molecule has 18 heavy (non-hydrogen) atoms. The summed E-state index contributed by atoms with van der Waals surface area (Å²) in [6, 6.07) is 13.0. The summed E-state index contributed by atoms with van der Waals surface area (Å²) < 4.78 is 0. The van der Waals surface area contributed by atoms with Crippen molar-refractivity contribution in [3.63, 3.8) is 0 Å². The van der Waals surface area contributed by atoms with E-state index in [0.717, 1.165) is 11.3 Å². The van der Waals surface area contributed by atoms with E-state index in [1.165, 1.54) is 0 Å². The first-order valence-electron chi connectivity index (χ1n) is 5.44. The quantitative estimate of drug-likeness (QED) is 0.804. The number of anilines is 3. The Morgan fingerprint density at radius 3 is 2.61 bits per heavy atom. The van der Waals surface area contributed by atoms with Gasteiger partial charge in [0.15, 0.2) is 0 Å². The zero-order valence-electron chi connectivity index (χ0n) is 9.87. The van der Waals surface area contributed by atoms with Crippen LogP contribution in [0.5, 0.6) is 0 Å². The lowest BCUT2D eigenvalue weighted by molar-refractivity contribution is 1.42. The molecule has 0 aliphatic carbocycles. The molecule has 0 aliphatic heterocycles. The van der Waals surface area contributed by atoms with Crippen LogP contribution in [0.25, 0.3) is 0 Å². The van der Waals surface area contributed by atoms with Gasteiger partial charge in [0.25, 0.3) is 0 Å². The third-order valence-electron chi connectivity index (χ3n) is 2.71. The number of nitriles is 1. The van der Waals surface area contributed by atoms with Gasteiger partial charge in [-0.2, -0.15) is 5.26 Å². The summed E-state index contributed by atoms with van der Waals surface area (Å²) in [6.45, 7) is 1.96. The van der Waals surface area contributed by atoms with Crippen LogP contribution in [-0.2, 0) is 0 Å². The van der Waals surface area contributed by atoms with Crippen LogP contribution in [-0.4, -0.2) is 0 Å². The Kier molecular flexibility index (Phi) is 3.40. The summed E-state index contributed by atoms with van der Waals surface area (Å²) in [5, 5.41) is 12.7. The number of hydrogen-bond acceptors (Lipinski definition) is 3. The molecule has 0 saturated heterocycles. The number of nitrogens with zero attached hydrogens (tertiary/aromatic N) is 1. The summed E-state index contributed by atoms with van der Waals surface area (Å²) in [5.74, 6) is 0. The van der Waals surface area contributed by atoms with Gasteiger partial charge in [-0.05, 0) is 30.7 Å². The molecule has 2 aromatic carbocycles. The van der Waals surface area contributed by atoms with Crippen LogP contribution in [0, 0.1) is 18.3 Å². The van der Waals surface area contributed by atoms with Crippen molar-refractivity contribution in [2.75, 3.05) is 11.1 Å². The SMILES string of the molecule is Cc1cccc(Cl)c1Nc1cccc(C#N)c1N. The lowest BCUT2D eigenvalue weighted by Crippen LogP contribution is -2.00. The zero-order chi connectivity index (χ0) is 13.1. The Hall–Kier alpha value is -2.18. The van der Waals surface area contributed by atoms with E-state index in [1.54, 1.807) is 18.2 Å². The van der Waals surface area contributed by atoms with Crippen LogP contribution in [0.4, 0.5) is 17.1 Å². The fraction of sp³-hybridized carbons (Fsp3) is 0.0714. The Morgan fingerprint density at radius 2 is 1.94 bits per heavy atom. The molecule has 4 heteroatoms. The second-order valence-corrected chi connectivity index (χ2v) is 4.34. The number of halogens is 1. The van der Waals surface area contributed by atoms with Crippen molar-refractivity contribution < 1.29 is 0 Å². The monoisotopic (exact) mass is 257 g/mol. The molecule has 3 nitrogen and oxygen atoms in total. The molecule has 3 N–H and O–H groups in total. The molecule has 2 aromatic rings. The van der Waals surface area contributed by atoms with E-state index >= 15 is 0 Å². The molecule has 0 radical (unpaired) electrons. The van der Waals surface area contributed by atoms with Gasteiger partial charge in [0.05, 0.1) is 27.6 Å². The molecule has 0 aromatic heterocycles. The van der Waals surface area contributed by atoms with Crippen molar-refractivity contribution in [2.24, 2.45) is 0 Å². The number of nitrogen functional groups attached to an aromatic ring is 1. The van der Waals surface area contributed by atoms with Crippen LogP contribution in [0.1, 0.15) is 11.1 Å². The van der Waals surface area contributed by atoms with E-state index < -0.39 is 0 Å². The van der Waals surface area contributed by atoms with Crippen molar-refractivity contribution >= 4 is 28.7 Å². The lowest BCUT2D eigenvalue weighted by atomic mass is 10.1. The number of benzene rings is 2. The van der Waals surface area contributed by atoms with Gasteiger partial charge < -0.3 is 11.1 Å². The molecule has 0 aliphatic rings. The van der Waals surface area contributed by atoms with E-state index in [9.17, 15) is 0 Å². The van der Waals surface area contributed by atoms with Gasteiger partial charge in [-0.1, -0.05) is 29.8 Å². The molecular formula is C14H12ClN3. The van der Waals surface area contributed by atoms with Gasteiger partial charge in [0.2, 0.25) is 0 Å². The minimum absolute atomic E-state index is 0.430. The normalized spacial score (nSPS) is 9.83. The topological polar surface area (TPSA) is 61.8 Å². The molecule has 2 rings (SSSR count). The van der Waals surface area contributed by atoms with Crippen LogP contribution in [0.15, 0.2) is 36.4 Å². The van der Waals surface area contributed by atoms with E-state index in [0.29, 0.717) is 22.0 Å². The lowest BCUT2D eigenvalue weighted by Gasteiger charge is -2.13. The highest BCUT2D eigenvalue weighted by atomic mass is 35.5. The van der Waals surface area contributed by atoms with Crippen molar-refractivity contribution in [3.05, 3.63) is 52.5 Å². The molecule has 0 amide bonds. The fourth-order valence-corrected chi connectivity index (χ4v) is 1.97. The van der Waals surface area contributed by atoms with Crippen molar-refractivity contribution in [2.45, 2.75) is 6.92 Å². The summed E-state index contributed by atoms with van der Waals surface area (Å²) in [4.78, 5) is 0. The van der Waals surface area contributed by atoms with Gasteiger partial charge in [-0.3, -0.25) is 0 Å². The Labute approximate surface area is 111 Å². The largest absolute Gasteiger partial charge is 0.396 e. The van der Waals surface area contributed by atoms with E-state index in [2.05, 4.69) is 11.4 Å². The highest BCUT2D eigenvalue weighted by Gasteiger charge is 2.08. The van der Waals surface area contributed by atoms with Gasteiger partial charge in [0, 0.05) is 0 Å². The van der Waals surface area contributed by atoms with E-state index in [1.807, 2.05) is 25.1 Å². The number of nitrogens with one attached hydrogen (secondary N) is 1. The third-order valence-corrected chi connectivity index (χ3v) is 3.02. The minimum atomic E-state index is 0.430. The predicted octanol–water partition coefficient (Wildman–Crippen LogP) is 3.85. The van der Waals surface area contributed by atoms with Crippen molar-refractivity contribution in [1.29, 1.82) is 5.26 Å². The first kappa shape index (κ1) is 12.3. The van der Waals surface area contributed by atoms with Crippen molar-refractivity contribution in [3.8, 4) is 6.07 Å². The smallest absolute Gasteiger partial charge is 0.101 e. The average molecular weight is 258 g/mol. The van der Waals surface area contributed by atoms with Gasteiger partial charge in [0.1, 0.15) is 6.07 Å². The van der Waals surface area contributed by atoms with Crippen molar-refractivity contribution in [1.82, 2.24) is 0 Å². The summed E-state index contributed by atoms with van der Waals surface area (Å²) in [5.41, 5.74) is 9.30. The molecule has 0 unspecified atom stereocenters. The third kappa shape index (κ3) is 2.24. The highest BCUT2D eigenvalue weighted by Crippen LogP contribution is 2.32. The maximum atomic E-state index is 8.93. The van der Waals surface area contributed by atoms with E-state index in [-0.39, 0.29) is 0 Å². The standard InChI is InChI=1S/C14H12ClN3/c1-9-4-2-6-11(15)14(9)18-12-7-3-5-10(8-16)13(12)17/h2-7,18H,17H2,1H3. The highest BCUT2D eigenvalue weighted by molar-refractivity contribution is 6.33. The van der Waals surface area contributed by atoms with E-state index in [4.69, 9.17) is 22.6 Å². The van der Waals surface area contributed by atoms with Crippen LogP contribution in [0.2, 0.25) is 5.02 Å². The summed E-state index contributed by atoms with van der Waals surface area (Å²) in [7, 11) is 0. The van der Waals surface area contributed by atoms with Gasteiger partial charge >= 0.3 is 0 Å². The fourth-order valence-electron chi connectivity index (χ4n) is 1.70. The number of hydrogen-bond donors (Lipinski definition) is 2. The molecule has 90 valence electrons. The molecule has 0 atom stereocenters. The molecule has 0 spiro atoms. The number of aryl methyl sites for hydroxylation is 1. The number of rotatable bonds is 2. The Morgan fingerprint density at radius 1 is 1.22 bits per heavy atom. The van der Waals surface area contributed by atoms with Crippen LogP contribution < -0.4 is 11.1 Å². The number of para-hydroxylation sites is 2. The second-order valence-electron chi connectivity index (χ2n) is 3.94. The van der Waals surface area contributed by atoms with Gasteiger partial charge in [-0.25, -0.2) is 0 Å². The molecule has 0 bridgehead atoms. The molecular weight excluding hydrogens is 246 g/mol.